The van der Waals surface area contributed by atoms with Crippen LogP contribution in [0.1, 0.15) is 22.3 Å². The minimum absolute atomic E-state index is 0.287. The molecule has 128 valence electrons. The third-order valence-electron chi connectivity index (χ3n) is 4.55. The molecule has 4 heteroatoms. The van der Waals surface area contributed by atoms with Crippen molar-refractivity contribution in [3.8, 4) is 0 Å². The molecule has 2 aromatic carbocycles. The molecular weight excluding hydrogens is 324 g/mol. The summed E-state index contributed by atoms with van der Waals surface area (Å²) in [6.07, 6.45) is 13.3. The second-order valence-corrected chi connectivity index (χ2v) is 6.30. The summed E-state index contributed by atoms with van der Waals surface area (Å²) in [6.45, 7) is 0. The molecular formula is C22H18N2O2. The predicted molar refractivity (Wildman–Crippen MR) is 104 cm³/mol. The first kappa shape index (κ1) is 16.1. The third-order valence-corrected chi connectivity index (χ3v) is 4.55. The van der Waals surface area contributed by atoms with Crippen molar-refractivity contribution >= 4 is 28.8 Å². The zero-order chi connectivity index (χ0) is 17.9. The number of fused-ring (bicyclic) bond motifs is 1. The number of carboxylic acids is 1. The predicted octanol–water partition coefficient (Wildman–Crippen LogP) is 4.86. The monoisotopic (exact) mass is 342 g/mol. The van der Waals surface area contributed by atoms with Crippen LogP contribution in [-0.4, -0.2) is 20.6 Å². The summed E-state index contributed by atoms with van der Waals surface area (Å²) in [6, 6.07) is 15.0. The Balaban J connectivity index is 1.51. The molecule has 1 heterocycles. The van der Waals surface area contributed by atoms with Gasteiger partial charge in [-0.3, -0.25) is 0 Å². The normalized spacial score (nSPS) is 16.9. The van der Waals surface area contributed by atoms with Crippen LogP contribution in [-0.2, 0) is 0 Å². The summed E-state index contributed by atoms with van der Waals surface area (Å²) in [5.74, 6) is -0.617. The quantitative estimate of drug-likeness (QED) is 0.736. The molecule has 1 aliphatic rings. The molecule has 0 aliphatic heterocycles. The number of para-hydroxylation sites is 2. The topological polar surface area (TPSA) is 55.1 Å². The van der Waals surface area contributed by atoms with Crippen molar-refractivity contribution in [2.45, 2.75) is 6.42 Å². The second-order valence-electron chi connectivity index (χ2n) is 6.30. The van der Waals surface area contributed by atoms with Crippen LogP contribution in [0.4, 0.5) is 0 Å². The first-order valence-electron chi connectivity index (χ1n) is 8.52. The van der Waals surface area contributed by atoms with Gasteiger partial charge in [-0.15, -0.1) is 0 Å². The average molecular weight is 342 g/mol. The van der Waals surface area contributed by atoms with Gasteiger partial charge in [0.25, 0.3) is 0 Å². The molecule has 3 aromatic rings. The molecule has 0 spiro atoms. The Hall–Kier alpha value is -3.40. The molecule has 26 heavy (non-hydrogen) atoms. The molecule has 1 aliphatic carbocycles. The maximum Gasteiger partial charge on any atom is 0.335 e. The highest BCUT2D eigenvalue weighted by molar-refractivity contribution is 5.87. The van der Waals surface area contributed by atoms with Gasteiger partial charge in [0, 0.05) is 11.6 Å². The lowest BCUT2D eigenvalue weighted by Crippen LogP contribution is -2.04. The van der Waals surface area contributed by atoms with Crippen molar-refractivity contribution in [3.63, 3.8) is 0 Å². The van der Waals surface area contributed by atoms with Gasteiger partial charge in [0.2, 0.25) is 0 Å². The van der Waals surface area contributed by atoms with E-state index in [1.165, 1.54) is 5.70 Å². The molecule has 0 radical (unpaired) electrons. The number of imidazole rings is 1. The van der Waals surface area contributed by atoms with Crippen LogP contribution in [0.25, 0.3) is 22.8 Å². The summed E-state index contributed by atoms with van der Waals surface area (Å²) >= 11 is 0. The molecule has 1 N–H and O–H groups in total. The lowest BCUT2D eigenvalue weighted by atomic mass is 9.96. The van der Waals surface area contributed by atoms with Gasteiger partial charge >= 0.3 is 5.97 Å². The Morgan fingerprint density at radius 2 is 1.96 bits per heavy atom. The first-order chi connectivity index (χ1) is 12.7. The maximum atomic E-state index is 10.9. The van der Waals surface area contributed by atoms with Gasteiger partial charge in [0.1, 0.15) is 6.33 Å². The van der Waals surface area contributed by atoms with Crippen molar-refractivity contribution in [1.29, 1.82) is 0 Å². The zero-order valence-electron chi connectivity index (χ0n) is 14.1. The lowest BCUT2D eigenvalue weighted by molar-refractivity contribution is 0.0697. The molecule has 0 saturated carbocycles. The van der Waals surface area contributed by atoms with E-state index in [4.69, 9.17) is 5.11 Å². The SMILES string of the molecule is O=C(O)c1ccc(/C=C/C2C=CC=C(n3cnc4ccccc43)C2)cc1. The van der Waals surface area contributed by atoms with E-state index < -0.39 is 5.97 Å². The maximum absolute atomic E-state index is 10.9. The fourth-order valence-electron chi connectivity index (χ4n) is 3.16. The van der Waals surface area contributed by atoms with Crippen LogP contribution in [0.5, 0.6) is 0 Å². The Kier molecular flexibility index (Phi) is 4.23. The molecule has 4 rings (SSSR count). The number of allylic oxidation sites excluding steroid dienone is 5. The van der Waals surface area contributed by atoms with E-state index in [0.717, 1.165) is 23.0 Å². The minimum atomic E-state index is -0.905. The molecule has 1 aromatic heterocycles. The summed E-state index contributed by atoms with van der Waals surface area (Å²) in [5.41, 5.74) is 4.61. The van der Waals surface area contributed by atoms with Gasteiger partial charge in [-0.2, -0.15) is 0 Å². The number of rotatable bonds is 4. The van der Waals surface area contributed by atoms with E-state index in [0.29, 0.717) is 5.56 Å². The number of hydrogen-bond donors (Lipinski definition) is 1. The van der Waals surface area contributed by atoms with Gasteiger partial charge in [0.15, 0.2) is 0 Å². The summed E-state index contributed by atoms with van der Waals surface area (Å²) in [4.78, 5) is 15.4. The number of benzene rings is 2. The fourth-order valence-corrected chi connectivity index (χ4v) is 3.16. The van der Waals surface area contributed by atoms with Crippen LogP contribution in [0, 0.1) is 5.92 Å². The van der Waals surface area contributed by atoms with Crippen LogP contribution in [0.15, 0.2) is 79.2 Å². The van der Waals surface area contributed by atoms with E-state index in [-0.39, 0.29) is 5.92 Å². The zero-order valence-corrected chi connectivity index (χ0v) is 14.1. The van der Waals surface area contributed by atoms with Crippen LogP contribution < -0.4 is 0 Å². The fraction of sp³-hybridized carbons (Fsp3) is 0.0909. The van der Waals surface area contributed by atoms with Crippen molar-refractivity contribution in [1.82, 2.24) is 9.55 Å². The van der Waals surface area contributed by atoms with Crippen LogP contribution in [0.3, 0.4) is 0 Å². The van der Waals surface area contributed by atoms with Gasteiger partial charge in [-0.1, -0.05) is 48.6 Å². The number of nitrogens with zero attached hydrogens (tertiary/aromatic N) is 2. The van der Waals surface area contributed by atoms with Gasteiger partial charge in [-0.25, -0.2) is 9.78 Å². The summed E-state index contributed by atoms with van der Waals surface area (Å²) < 4.78 is 2.14. The number of carbonyl (C=O) groups is 1. The molecule has 4 nitrogen and oxygen atoms in total. The minimum Gasteiger partial charge on any atom is -0.478 e. The Morgan fingerprint density at radius 3 is 2.77 bits per heavy atom. The Labute approximate surface area is 151 Å². The van der Waals surface area contributed by atoms with Gasteiger partial charge < -0.3 is 9.67 Å². The number of aromatic nitrogens is 2. The van der Waals surface area contributed by atoms with Crippen LogP contribution >= 0.6 is 0 Å². The highest BCUT2D eigenvalue weighted by atomic mass is 16.4. The van der Waals surface area contributed by atoms with Crippen LogP contribution in [0.2, 0.25) is 0 Å². The third kappa shape index (κ3) is 3.22. The highest BCUT2D eigenvalue weighted by Crippen LogP contribution is 2.27. The summed E-state index contributed by atoms with van der Waals surface area (Å²) in [7, 11) is 0. The standard InChI is InChI=1S/C22H18N2O2/c25-22(26)18-12-10-16(11-13-18)8-9-17-4-3-5-19(14-17)24-15-23-20-6-1-2-7-21(20)24/h1-13,15,17H,14H2,(H,25,26)/b9-8+. The van der Waals surface area contributed by atoms with E-state index in [1.54, 1.807) is 12.1 Å². The van der Waals surface area contributed by atoms with Crippen molar-refractivity contribution in [2.75, 3.05) is 0 Å². The first-order valence-corrected chi connectivity index (χ1v) is 8.52. The number of hydrogen-bond acceptors (Lipinski definition) is 2. The van der Waals surface area contributed by atoms with Gasteiger partial charge in [0.05, 0.1) is 16.6 Å². The molecule has 0 saturated heterocycles. The molecule has 1 atom stereocenters. The van der Waals surface area contributed by atoms with E-state index in [9.17, 15) is 4.79 Å². The van der Waals surface area contributed by atoms with E-state index in [2.05, 4.69) is 39.9 Å². The lowest BCUT2D eigenvalue weighted by Gasteiger charge is -2.17. The molecule has 0 fully saturated rings. The number of carboxylic acid groups (broad SMARTS) is 1. The molecule has 1 unspecified atom stereocenters. The summed E-state index contributed by atoms with van der Waals surface area (Å²) in [5, 5.41) is 8.96. The highest BCUT2D eigenvalue weighted by Gasteiger charge is 2.12. The van der Waals surface area contributed by atoms with Gasteiger partial charge in [-0.05, 0) is 42.3 Å². The smallest absolute Gasteiger partial charge is 0.335 e. The van der Waals surface area contributed by atoms with E-state index in [1.807, 2.05) is 42.7 Å². The van der Waals surface area contributed by atoms with Crippen molar-refractivity contribution in [3.05, 3.63) is 90.3 Å². The van der Waals surface area contributed by atoms with Crippen molar-refractivity contribution in [2.24, 2.45) is 5.92 Å². The van der Waals surface area contributed by atoms with Crippen molar-refractivity contribution < 1.29 is 9.90 Å². The number of aromatic carboxylic acids is 1. The molecule has 0 amide bonds. The Bertz CT molecular complexity index is 1040. The molecule has 0 bridgehead atoms. The average Bonchev–Trinajstić information content (AvgIpc) is 3.11. The second kappa shape index (κ2) is 6.84. The van der Waals surface area contributed by atoms with E-state index >= 15 is 0 Å². The largest absolute Gasteiger partial charge is 0.478 e. The Morgan fingerprint density at radius 1 is 1.15 bits per heavy atom.